The number of rotatable bonds is 3. The van der Waals surface area contributed by atoms with Gasteiger partial charge in [0.25, 0.3) is 0 Å². The lowest BCUT2D eigenvalue weighted by Gasteiger charge is -2.40. The van der Waals surface area contributed by atoms with E-state index < -0.39 is 0 Å². The van der Waals surface area contributed by atoms with Gasteiger partial charge in [0, 0.05) is 17.5 Å². The molecular weight excluding hydrogens is 289 g/mol. The maximum atomic E-state index is 13.7. The van der Waals surface area contributed by atoms with Crippen molar-refractivity contribution in [1.82, 2.24) is 5.32 Å². The van der Waals surface area contributed by atoms with E-state index >= 15 is 0 Å². The first-order chi connectivity index (χ1) is 10.1. The molecule has 1 saturated carbocycles. The maximum absolute atomic E-state index is 13.7. The average Bonchev–Trinajstić information content (AvgIpc) is 2.50. The van der Waals surface area contributed by atoms with Crippen LogP contribution in [-0.2, 0) is 11.2 Å². The van der Waals surface area contributed by atoms with Crippen molar-refractivity contribution in [2.45, 2.75) is 57.0 Å². The van der Waals surface area contributed by atoms with Gasteiger partial charge in [0.1, 0.15) is 5.82 Å². The van der Waals surface area contributed by atoms with Gasteiger partial charge in [-0.25, -0.2) is 4.39 Å². The maximum Gasteiger partial charge on any atom is 0.154 e. The number of piperidine rings is 1. The minimum absolute atomic E-state index is 0.0835. The first kappa shape index (κ1) is 15.0. The Morgan fingerprint density at radius 3 is 2.90 bits per heavy atom. The van der Waals surface area contributed by atoms with Crippen LogP contribution >= 0.6 is 11.6 Å². The average molecular weight is 310 g/mol. The van der Waals surface area contributed by atoms with Crippen molar-refractivity contribution >= 4 is 17.4 Å². The quantitative estimate of drug-likeness (QED) is 0.917. The molecule has 1 aromatic carbocycles. The Morgan fingerprint density at radius 1 is 1.24 bits per heavy atom. The normalized spacial score (nSPS) is 29.0. The number of halogens is 2. The summed E-state index contributed by atoms with van der Waals surface area (Å²) in [6.45, 7) is 0. The summed E-state index contributed by atoms with van der Waals surface area (Å²) in [6, 6.07) is 4.75. The molecule has 4 heteroatoms. The van der Waals surface area contributed by atoms with Crippen molar-refractivity contribution in [2.75, 3.05) is 0 Å². The minimum atomic E-state index is -0.348. The van der Waals surface area contributed by atoms with Gasteiger partial charge in [0.05, 0.1) is 6.04 Å². The van der Waals surface area contributed by atoms with Crippen molar-refractivity contribution in [3.05, 3.63) is 34.6 Å². The summed E-state index contributed by atoms with van der Waals surface area (Å²) in [7, 11) is 0. The van der Waals surface area contributed by atoms with Crippen LogP contribution < -0.4 is 5.32 Å². The number of carbonyl (C=O) groups excluding carboxylic acids is 1. The highest BCUT2D eigenvalue weighted by Crippen LogP contribution is 2.32. The molecule has 2 fully saturated rings. The van der Waals surface area contributed by atoms with E-state index in [0.29, 0.717) is 16.6 Å². The van der Waals surface area contributed by atoms with E-state index in [0.717, 1.165) is 18.8 Å². The molecule has 3 unspecified atom stereocenters. The summed E-state index contributed by atoms with van der Waals surface area (Å²) >= 11 is 5.88. The molecule has 1 heterocycles. The molecular formula is C17H21ClFNO. The molecule has 21 heavy (non-hydrogen) atoms. The molecule has 3 rings (SSSR count). The number of fused-ring (bicyclic) bond motifs is 1. The van der Waals surface area contributed by atoms with Gasteiger partial charge in [-0.2, -0.15) is 0 Å². The molecule has 0 aromatic heterocycles. The second-order valence-corrected chi connectivity index (χ2v) is 6.76. The Balaban J connectivity index is 1.64. The van der Waals surface area contributed by atoms with Gasteiger partial charge >= 0.3 is 0 Å². The molecule has 0 bridgehead atoms. The summed E-state index contributed by atoms with van der Waals surface area (Å²) in [6.07, 6.45) is 7.13. The number of ketones is 1. The predicted molar refractivity (Wildman–Crippen MR) is 82.0 cm³/mol. The molecule has 114 valence electrons. The van der Waals surface area contributed by atoms with Crippen molar-refractivity contribution in [3.8, 4) is 0 Å². The van der Waals surface area contributed by atoms with Crippen LogP contribution in [0.4, 0.5) is 4.39 Å². The summed E-state index contributed by atoms with van der Waals surface area (Å²) in [4.78, 5) is 12.4. The van der Waals surface area contributed by atoms with Gasteiger partial charge in [-0.3, -0.25) is 4.79 Å². The van der Waals surface area contributed by atoms with Crippen LogP contribution in [-0.4, -0.2) is 17.9 Å². The third-order valence-electron chi connectivity index (χ3n) is 4.91. The molecule has 2 aliphatic rings. The summed E-state index contributed by atoms with van der Waals surface area (Å²) in [5.41, 5.74) is 0.403. The van der Waals surface area contributed by atoms with Crippen LogP contribution in [0.1, 0.15) is 44.1 Å². The molecule has 1 saturated heterocycles. The smallest absolute Gasteiger partial charge is 0.154 e. The number of hydrogen-bond donors (Lipinski definition) is 1. The van der Waals surface area contributed by atoms with E-state index in [1.807, 2.05) is 0 Å². The van der Waals surface area contributed by atoms with E-state index in [9.17, 15) is 9.18 Å². The third-order valence-corrected chi connectivity index (χ3v) is 5.15. The topological polar surface area (TPSA) is 29.1 Å². The summed E-state index contributed by atoms with van der Waals surface area (Å²) < 4.78 is 13.7. The zero-order chi connectivity index (χ0) is 14.8. The predicted octanol–water partition coefficient (Wildman–Crippen LogP) is 3.90. The van der Waals surface area contributed by atoms with Crippen molar-refractivity contribution < 1.29 is 9.18 Å². The molecule has 1 aliphatic heterocycles. The van der Waals surface area contributed by atoms with E-state index in [1.54, 1.807) is 6.07 Å². The van der Waals surface area contributed by atoms with Crippen molar-refractivity contribution in [1.29, 1.82) is 0 Å². The second-order valence-electron chi connectivity index (χ2n) is 6.33. The largest absolute Gasteiger partial charge is 0.304 e. The van der Waals surface area contributed by atoms with Gasteiger partial charge < -0.3 is 5.32 Å². The standard InChI is InChI=1S/C17H21ClFNO/c18-13-6-7-14(19)12(9-13)10-17(21)16-8-5-11-3-1-2-4-15(11)20-16/h6-7,9,11,15-16,20H,1-5,8,10H2. The Hall–Kier alpha value is -0.930. The number of benzene rings is 1. The molecule has 2 nitrogen and oxygen atoms in total. The van der Waals surface area contributed by atoms with Crippen LogP contribution in [0, 0.1) is 11.7 Å². The van der Waals surface area contributed by atoms with Gasteiger partial charge in [0.2, 0.25) is 0 Å². The molecule has 3 atom stereocenters. The lowest BCUT2D eigenvalue weighted by molar-refractivity contribution is -0.121. The molecule has 0 spiro atoms. The number of hydrogen-bond acceptors (Lipinski definition) is 2. The molecule has 1 N–H and O–H groups in total. The highest BCUT2D eigenvalue weighted by molar-refractivity contribution is 6.30. The van der Waals surface area contributed by atoms with Crippen LogP contribution in [0.3, 0.4) is 0 Å². The van der Waals surface area contributed by atoms with Crippen LogP contribution in [0.2, 0.25) is 5.02 Å². The second kappa shape index (κ2) is 6.45. The Morgan fingerprint density at radius 2 is 2.05 bits per heavy atom. The van der Waals surface area contributed by atoms with Crippen molar-refractivity contribution in [2.24, 2.45) is 5.92 Å². The molecule has 0 amide bonds. The van der Waals surface area contributed by atoms with Crippen molar-refractivity contribution in [3.63, 3.8) is 0 Å². The number of carbonyl (C=O) groups is 1. The SMILES string of the molecule is O=C(Cc1cc(Cl)ccc1F)C1CCC2CCCCC2N1. The van der Waals surface area contributed by atoms with Gasteiger partial charge in [-0.1, -0.05) is 24.4 Å². The van der Waals surface area contributed by atoms with Crippen LogP contribution in [0.25, 0.3) is 0 Å². The number of Topliss-reactive ketones (excluding diaryl/α,β-unsaturated/α-hetero) is 1. The van der Waals surface area contributed by atoms with E-state index in [1.165, 1.54) is 37.8 Å². The van der Waals surface area contributed by atoms with Crippen LogP contribution in [0.15, 0.2) is 18.2 Å². The highest BCUT2D eigenvalue weighted by atomic mass is 35.5. The van der Waals surface area contributed by atoms with Gasteiger partial charge in [0.15, 0.2) is 5.78 Å². The zero-order valence-electron chi connectivity index (χ0n) is 12.1. The fraction of sp³-hybridized carbons (Fsp3) is 0.588. The molecule has 1 aliphatic carbocycles. The van der Waals surface area contributed by atoms with E-state index in [4.69, 9.17) is 11.6 Å². The monoisotopic (exact) mass is 309 g/mol. The lowest BCUT2D eigenvalue weighted by atomic mass is 9.77. The fourth-order valence-electron chi connectivity index (χ4n) is 3.74. The zero-order valence-corrected chi connectivity index (χ0v) is 12.8. The van der Waals surface area contributed by atoms with Gasteiger partial charge in [-0.15, -0.1) is 0 Å². The minimum Gasteiger partial charge on any atom is -0.304 e. The third kappa shape index (κ3) is 3.46. The van der Waals surface area contributed by atoms with Gasteiger partial charge in [-0.05, 0) is 55.4 Å². The number of nitrogens with one attached hydrogen (secondary N) is 1. The Bertz CT molecular complexity index is 534. The summed E-state index contributed by atoms with van der Waals surface area (Å²) in [5, 5.41) is 3.98. The Labute approximate surface area is 130 Å². The first-order valence-corrected chi connectivity index (χ1v) is 8.24. The Kier molecular flexibility index (Phi) is 4.60. The fourth-order valence-corrected chi connectivity index (χ4v) is 3.93. The highest BCUT2D eigenvalue weighted by Gasteiger charge is 2.34. The lowest BCUT2D eigenvalue weighted by Crippen LogP contribution is -2.52. The first-order valence-electron chi connectivity index (χ1n) is 7.86. The van der Waals surface area contributed by atoms with E-state index in [-0.39, 0.29) is 24.1 Å². The molecule has 1 aromatic rings. The van der Waals surface area contributed by atoms with E-state index in [2.05, 4.69) is 5.32 Å². The molecule has 0 radical (unpaired) electrons. The van der Waals surface area contributed by atoms with Crippen LogP contribution in [0.5, 0.6) is 0 Å². The summed E-state index contributed by atoms with van der Waals surface area (Å²) in [5.74, 6) is 0.463.